The Balaban J connectivity index is 1.83. The molecule has 0 spiro atoms. The van der Waals surface area contributed by atoms with Gasteiger partial charge in [0.2, 0.25) is 0 Å². The maximum Gasteiger partial charge on any atom is 0.275 e. The Morgan fingerprint density at radius 3 is 2.54 bits per heavy atom. The summed E-state index contributed by atoms with van der Waals surface area (Å²) in [5, 5.41) is 5.64. The van der Waals surface area contributed by atoms with Gasteiger partial charge >= 0.3 is 0 Å². The van der Waals surface area contributed by atoms with E-state index >= 15 is 0 Å². The van der Waals surface area contributed by atoms with Crippen molar-refractivity contribution in [1.29, 1.82) is 0 Å². The normalized spacial score (nSPS) is 14.8. The minimum atomic E-state index is -0.166. The van der Waals surface area contributed by atoms with Gasteiger partial charge in [0.05, 0.1) is 24.2 Å². The number of nitrogens with zero attached hydrogens (tertiary/aromatic N) is 3. The van der Waals surface area contributed by atoms with Crippen LogP contribution in [0.5, 0.6) is 0 Å². The van der Waals surface area contributed by atoms with E-state index in [1.165, 1.54) is 4.68 Å². The van der Waals surface area contributed by atoms with E-state index in [4.69, 9.17) is 4.42 Å². The smallest absolute Gasteiger partial charge is 0.275 e. The lowest BCUT2D eigenvalue weighted by Gasteiger charge is -2.28. The van der Waals surface area contributed by atoms with Gasteiger partial charge in [0.1, 0.15) is 5.76 Å². The van der Waals surface area contributed by atoms with Gasteiger partial charge in [-0.2, -0.15) is 5.10 Å². The molecule has 0 saturated heterocycles. The maximum atomic E-state index is 13.7. The molecule has 0 atom stereocenters. The van der Waals surface area contributed by atoms with Gasteiger partial charge in [-0.05, 0) is 44.9 Å². The first-order valence-electron chi connectivity index (χ1n) is 9.91. The van der Waals surface area contributed by atoms with E-state index < -0.39 is 0 Å². The van der Waals surface area contributed by atoms with Crippen molar-refractivity contribution in [2.24, 2.45) is 0 Å². The fourth-order valence-electron chi connectivity index (χ4n) is 4.00. The molecule has 146 valence electrons. The fourth-order valence-corrected chi connectivity index (χ4v) is 4.00. The number of benzene rings is 1. The van der Waals surface area contributed by atoms with Crippen molar-refractivity contribution >= 4 is 16.7 Å². The Kier molecular flexibility index (Phi) is 5.03. The van der Waals surface area contributed by atoms with E-state index in [2.05, 4.69) is 5.10 Å². The van der Waals surface area contributed by atoms with Crippen LogP contribution in [0.2, 0.25) is 0 Å². The summed E-state index contributed by atoms with van der Waals surface area (Å²) in [5.74, 6) is 0.607. The average molecular weight is 379 g/mol. The first-order chi connectivity index (χ1) is 13.6. The van der Waals surface area contributed by atoms with Gasteiger partial charge < -0.3 is 9.32 Å². The third kappa shape index (κ3) is 3.35. The Hall–Kier alpha value is -2.89. The minimum Gasteiger partial charge on any atom is -0.467 e. The molecule has 1 fully saturated rings. The van der Waals surface area contributed by atoms with Gasteiger partial charge in [-0.15, -0.1) is 0 Å². The monoisotopic (exact) mass is 379 g/mol. The third-order valence-corrected chi connectivity index (χ3v) is 5.45. The van der Waals surface area contributed by atoms with E-state index in [-0.39, 0.29) is 23.6 Å². The van der Waals surface area contributed by atoms with Crippen molar-refractivity contribution in [3.8, 4) is 0 Å². The molecular weight excluding hydrogens is 354 g/mol. The SMILES string of the molecule is CC(C)n1nc(C(=O)N(Cc2ccco2)C2CCCC2)c2ccccc2c1=O. The summed E-state index contributed by atoms with van der Waals surface area (Å²) in [6.07, 6.45) is 5.82. The number of hydrogen-bond acceptors (Lipinski definition) is 4. The highest BCUT2D eigenvalue weighted by Crippen LogP contribution is 2.27. The van der Waals surface area contributed by atoms with E-state index in [0.717, 1.165) is 31.4 Å². The van der Waals surface area contributed by atoms with Crippen molar-refractivity contribution in [2.75, 3.05) is 0 Å². The molecule has 0 radical (unpaired) electrons. The minimum absolute atomic E-state index is 0.131. The summed E-state index contributed by atoms with van der Waals surface area (Å²) in [5.41, 5.74) is 0.169. The van der Waals surface area contributed by atoms with Gasteiger partial charge in [-0.3, -0.25) is 9.59 Å². The second-order valence-corrected chi connectivity index (χ2v) is 7.69. The maximum absolute atomic E-state index is 13.7. The number of carbonyl (C=O) groups is 1. The second-order valence-electron chi connectivity index (χ2n) is 7.69. The molecule has 1 aliphatic rings. The predicted octanol–water partition coefficient (Wildman–Crippen LogP) is 4.16. The van der Waals surface area contributed by atoms with Gasteiger partial charge in [-0.1, -0.05) is 31.0 Å². The molecule has 1 aliphatic carbocycles. The lowest BCUT2D eigenvalue weighted by Crippen LogP contribution is -2.40. The molecule has 0 N–H and O–H groups in total. The number of amides is 1. The van der Waals surface area contributed by atoms with Crippen LogP contribution in [0.4, 0.5) is 0 Å². The average Bonchev–Trinajstić information content (AvgIpc) is 3.40. The third-order valence-electron chi connectivity index (χ3n) is 5.45. The highest BCUT2D eigenvalue weighted by molar-refractivity contribution is 6.04. The summed E-state index contributed by atoms with van der Waals surface area (Å²) >= 11 is 0. The van der Waals surface area contributed by atoms with Crippen molar-refractivity contribution in [3.05, 3.63) is 64.5 Å². The molecular formula is C22H25N3O3. The Morgan fingerprint density at radius 2 is 1.89 bits per heavy atom. The molecule has 1 aromatic carbocycles. The summed E-state index contributed by atoms with van der Waals surface area (Å²) in [4.78, 5) is 28.3. The zero-order valence-corrected chi connectivity index (χ0v) is 16.3. The molecule has 6 heteroatoms. The topological polar surface area (TPSA) is 68.3 Å². The molecule has 6 nitrogen and oxygen atoms in total. The van der Waals surface area contributed by atoms with E-state index in [1.807, 2.05) is 43.0 Å². The van der Waals surface area contributed by atoms with Crippen LogP contribution in [-0.4, -0.2) is 26.6 Å². The number of furan rings is 1. The summed E-state index contributed by atoms with van der Waals surface area (Å²) in [6, 6.07) is 11.0. The highest BCUT2D eigenvalue weighted by Gasteiger charge is 2.31. The lowest BCUT2D eigenvalue weighted by atomic mass is 10.1. The highest BCUT2D eigenvalue weighted by atomic mass is 16.3. The van der Waals surface area contributed by atoms with Crippen LogP contribution >= 0.6 is 0 Å². The Bertz CT molecular complexity index is 1030. The zero-order chi connectivity index (χ0) is 19.7. The quantitative estimate of drug-likeness (QED) is 0.668. The van der Waals surface area contributed by atoms with Crippen molar-refractivity contribution in [2.45, 2.75) is 58.2 Å². The largest absolute Gasteiger partial charge is 0.467 e. The number of fused-ring (bicyclic) bond motifs is 1. The van der Waals surface area contributed by atoms with Crippen LogP contribution in [0, 0.1) is 0 Å². The predicted molar refractivity (Wildman–Crippen MR) is 107 cm³/mol. The lowest BCUT2D eigenvalue weighted by molar-refractivity contribution is 0.0642. The van der Waals surface area contributed by atoms with E-state index in [1.54, 1.807) is 18.4 Å². The van der Waals surface area contributed by atoms with Gasteiger partial charge in [0.15, 0.2) is 5.69 Å². The number of aromatic nitrogens is 2. The van der Waals surface area contributed by atoms with Crippen LogP contribution < -0.4 is 5.56 Å². The number of carbonyl (C=O) groups excluding carboxylic acids is 1. The van der Waals surface area contributed by atoms with E-state index in [9.17, 15) is 9.59 Å². The molecule has 1 saturated carbocycles. The second kappa shape index (κ2) is 7.62. The molecule has 1 amide bonds. The van der Waals surface area contributed by atoms with Crippen molar-refractivity contribution < 1.29 is 9.21 Å². The van der Waals surface area contributed by atoms with E-state index in [0.29, 0.717) is 23.0 Å². The molecule has 0 aliphatic heterocycles. The van der Waals surface area contributed by atoms with Gasteiger partial charge in [0, 0.05) is 11.4 Å². The Labute approximate surface area is 163 Å². The standard InChI is InChI=1S/C22H25N3O3/c1-15(2)25-21(26)19-12-6-5-11-18(19)20(23-25)22(27)24(16-8-3-4-9-16)14-17-10-7-13-28-17/h5-7,10-13,15-16H,3-4,8-9,14H2,1-2H3. The fraction of sp³-hybridized carbons (Fsp3) is 0.409. The van der Waals surface area contributed by atoms with Crippen molar-refractivity contribution in [1.82, 2.24) is 14.7 Å². The van der Waals surface area contributed by atoms with Crippen LogP contribution in [0.15, 0.2) is 51.9 Å². The number of rotatable bonds is 5. The van der Waals surface area contributed by atoms with Gasteiger partial charge in [-0.25, -0.2) is 4.68 Å². The summed E-state index contributed by atoms with van der Waals surface area (Å²) < 4.78 is 6.92. The van der Waals surface area contributed by atoms with Crippen LogP contribution in [-0.2, 0) is 6.54 Å². The summed E-state index contributed by atoms with van der Waals surface area (Å²) in [7, 11) is 0. The first-order valence-corrected chi connectivity index (χ1v) is 9.91. The molecule has 28 heavy (non-hydrogen) atoms. The van der Waals surface area contributed by atoms with Gasteiger partial charge in [0.25, 0.3) is 11.5 Å². The molecule has 4 rings (SSSR count). The van der Waals surface area contributed by atoms with Crippen LogP contribution in [0.3, 0.4) is 0 Å². The van der Waals surface area contributed by atoms with Crippen LogP contribution in [0.1, 0.15) is 61.8 Å². The molecule has 3 aromatic rings. The summed E-state index contributed by atoms with van der Waals surface area (Å²) in [6.45, 7) is 4.21. The molecule has 0 bridgehead atoms. The van der Waals surface area contributed by atoms with Crippen molar-refractivity contribution in [3.63, 3.8) is 0 Å². The molecule has 2 heterocycles. The number of hydrogen-bond donors (Lipinski definition) is 0. The molecule has 2 aromatic heterocycles. The zero-order valence-electron chi connectivity index (χ0n) is 16.3. The molecule has 0 unspecified atom stereocenters. The van der Waals surface area contributed by atoms with Crippen LogP contribution in [0.25, 0.3) is 10.8 Å². The first kappa shape index (κ1) is 18.5. The Morgan fingerprint density at radius 1 is 1.18 bits per heavy atom.